The lowest BCUT2D eigenvalue weighted by molar-refractivity contribution is -0.118. The number of hydrogen-bond acceptors (Lipinski definition) is 10. The summed E-state index contributed by atoms with van der Waals surface area (Å²) < 4.78 is 48.9. The molecule has 0 aliphatic rings. The van der Waals surface area contributed by atoms with Gasteiger partial charge < -0.3 is 20.9 Å². The maximum absolute atomic E-state index is 13.3. The van der Waals surface area contributed by atoms with E-state index in [9.17, 15) is 22.4 Å². The molecular formula is C18H18FN5O6S2. The van der Waals surface area contributed by atoms with E-state index < -0.39 is 39.4 Å². The van der Waals surface area contributed by atoms with Crippen molar-refractivity contribution < 1.29 is 31.5 Å². The van der Waals surface area contributed by atoms with E-state index in [2.05, 4.69) is 10.1 Å². The lowest BCUT2D eigenvalue weighted by Crippen LogP contribution is -2.39. The summed E-state index contributed by atoms with van der Waals surface area (Å²) in [6.45, 7) is 1.52. The average molecular weight is 484 g/mol. The third-order valence-corrected chi connectivity index (χ3v) is 6.15. The number of aromatic nitrogens is 2. The van der Waals surface area contributed by atoms with Crippen molar-refractivity contribution in [3.05, 3.63) is 52.5 Å². The zero-order valence-electron chi connectivity index (χ0n) is 16.6. The molecule has 0 saturated heterocycles. The van der Waals surface area contributed by atoms with Gasteiger partial charge in [0, 0.05) is 18.2 Å². The number of rotatable bonds is 9. The number of nitrogens with zero attached hydrogens (tertiary/aromatic N) is 3. The second-order valence-electron chi connectivity index (χ2n) is 6.68. The molecule has 0 radical (unpaired) electrons. The smallest absolute Gasteiger partial charge is 0.265 e. The fourth-order valence-electron chi connectivity index (χ4n) is 2.70. The van der Waals surface area contributed by atoms with Crippen LogP contribution in [0.25, 0.3) is 0 Å². The molecule has 0 aliphatic heterocycles. The van der Waals surface area contributed by atoms with Crippen LogP contribution in [-0.2, 0) is 21.3 Å². The van der Waals surface area contributed by atoms with Crippen LogP contribution in [0, 0.1) is 5.82 Å². The molecule has 11 nitrogen and oxygen atoms in total. The van der Waals surface area contributed by atoms with Gasteiger partial charge in [0.1, 0.15) is 22.6 Å². The first-order chi connectivity index (χ1) is 15.0. The molecule has 0 fully saturated rings. The van der Waals surface area contributed by atoms with Crippen LogP contribution in [0.3, 0.4) is 0 Å². The van der Waals surface area contributed by atoms with E-state index in [1.54, 1.807) is 0 Å². The van der Waals surface area contributed by atoms with Crippen LogP contribution in [0.4, 0.5) is 21.0 Å². The van der Waals surface area contributed by atoms with Gasteiger partial charge in [-0.25, -0.2) is 9.37 Å². The Labute approximate surface area is 185 Å². The summed E-state index contributed by atoms with van der Waals surface area (Å²) in [5.41, 5.74) is 11.9. The maximum Gasteiger partial charge on any atom is 0.265 e. The number of amides is 1. The zero-order valence-corrected chi connectivity index (χ0v) is 18.2. The summed E-state index contributed by atoms with van der Waals surface area (Å²) in [6.07, 6.45) is -0.159. The van der Waals surface area contributed by atoms with Gasteiger partial charge >= 0.3 is 0 Å². The molecule has 0 aliphatic carbocycles. The van der Waals surface area contributed by atoms with E-state index in [0.29, 0.717) is 5.69 Å². The summed E-state index contributed by atoms with van der Waals surface area (Å²) in [7, 11) is -4.20. The summed E-state index contributed by atoms with van der Waals surface area (Å²) in [5.74, 6) is -2.77. The predicted octanol–water partition coefficient (Wildman–Crippen LogP) is 1.53. The van der Waals surface area contributed by atoms with Crippen molar-refractivity contribution in [2.75, 3.05) is 16.4 Å². The second kappa shape index (κ2) is 9.02. The zero-order chi connectivity index (χ0) is 23.6. The first-order valence-corrected chi connectivity index (χ1v) is 11.4. The second-order valence-corrected chi connectivity index (χ2v) is 9.23. The van der Waals surface area contributed by atoms with E-state index >= 15 is 0 Å². The van der Waals surface area contributed by atoms with Crippen LogP contribution in [0.5, 0.6) is 0 Å². The molecule has 0 bridgehead atoms. The Morgan fingerprint density at radius 3 is 2.56 bits per heavy atom. The third kappa shape index (κ3) is 5.27. The van der Waals surface area contributed by atoms with Crippen molar-refractivity contribution >= 4 is 49.8 Å². The van der Waals surface area contributed by atoms with E-state index in [4.69, 9.17) is 20.5 Å². The predicted molar refractivity (Wildman–Crippen MR) is 114 cm³/mol. The minimum Gasteiger partial charge on any atom is -0.382 e. The number of carbonyl (C=O) groups is 2. The number of aryl methyl sites for hydroxylation is 1. The van der Waals surface area contributed by atoms with E-state index in [1.807, 2.05) is 0 Å². The molecule has 1 atom stereocenters. The molecular weight excluding hydrogens is 465 g/mol. The summed E-state index contributed by atoms with van der Waals surface area (Å²) in [4.78, 5) is 30.2. The molecule has 1 amide bonds. The van der Waals surface area contributed by atoms with Gasteiger partial charge in [0.15, 0.2) is 5.13 Å². The normalized spacial score (nSPS) is 12.5. The quantitative estimate of drug-likeness (QED) is 0.298. The fraction of sp³-hybridized carbons (Fsp3) is 0.222. The minimum absolute atomic E-state index is 0.0127. The van der Waals surface area contributed by atoms with Gasteiger partial charge in [0.25, 0.3) is 10.1 Å². The number of halogens is 1. The van der Waals surface area contributed by atoms with E-state index in [0.717, 1.165) is 11.3 Å². The van der Waals surface area contributed by atoms with Crippen molar-refractivity contribution in [1.82, 2.24) is 10.1 Å². The van der Waals surface area contributed by atoms with Gasteiger partial charge in [0.2, 0.25) is 17.5 Å². The molecule has 0 spiro atoms. The molecule has 0 saturated carbocycles. The van der Waals surface area contributed by atoms with Crippen LogP contribution in [0.1, 0.15) is 28.0 Å². The molecule has 1 aromatic carbocycles. The largest absolute Gasteiger partial charge is 0.382 e. The lowest BCUT2D eigenvalue weighted by atomic mass is 10.2. The van der Waals surface area contributed by atoms with Crippen molar-refractivity contribution in [2.45, 2.75) is 19.4 Å². The molecule has 3 aromatic rings. The van der Waals surface area contributed by atoms with Gasteiger partial charge in [0.05, 0.1) is 11.4 Å². The monoisotopic (exact) mass is 483 g/mol. The molecule has 2 aromatic heterocycles. The van der Waals surface area contributed by atoms with Crippen LogP contribution in [0.15, 0.2) is 34.9 Å². The van der Waals surface area contributed by atoms with Gasteiger partial charge in [-0.1, -0.05) is 16.5 Å². The van der Waals surface area contributed by atoms with Crippen LogP contribution >= 0.6 is 11.3 Å². The number of anilines is 3. The highest BCUT2D eigenvalue weighted by Gasteiger charge is 2.28. The van der Waals surface area contributed by atoms with Gasteiger partial charge in [-0.15, -0.1) is 0 Å². The molecule has 14 heteroatoms. The standard InChI is InChI=1S/C18H18FN5O6S2/c1-9(17(21)26)24(12-4-2-10(19)3-5-12)18-22-16(20)15(31-18)14(25)13-8-11(23-30-13)6-7-32(27,28)29/h2-5,8-9H,6-7,20H2,1H3,(H2,21,26)(H,27,28,29)/t9-/m1/s1. The summed E-state index contributed by atoms with van der Waals surface area (Å²) in [6, 6.07) is 5.57. The number of ketones is 1. The highest BCUT2D eigenvalue weighted by atomic mass is 32.2. The Hall–Kier alpha value is -3.36. The lowest BCUT2D eigenvalue weighted by Gasteiger charge is -2.26. The van der Waals surface area contributed by atoms with Crippen molar-refractivity contribution in [3.63, 3.8) is 0 Å². The SMILES string of the molecule is C[C@H](C(N)=O)N(c1ccc(F)cc1)c1nc(N)c(C(=O)c2cc(CCS(=O)(=O)O)no2)s1. The Morgan fingerprint density at radius 1 is 1.31 bits per heavy atom. The number of nitrogen functional groups attached to an aromatic ring is 1. The van der Waals surface area contributed by atoms with Gasteiger partial charge in [-0.3, -0.25) is 14.1 Å². The maximum atomic E-state index is 13.3. The number of carbonyl (C=O) groups excluding carboxylic acids is 2. The summed E-state index contributed by atoms with van der Waals surface area (Å²) >= 11 is 0.857. The Balaban J connectivity index is 1.92. The first-order valence-electron chi connectivity index (χ1n) is 9.02. The van der Waals surface area contributed by atoms with Crippen LogP contribution in [-0.4, -0.2) is 46.6 Å². The molecule has 5 N–H and O–H groups in total. The number of nitrogens with two attached hydrogens (primary N) is 2. The van der Waals surface area contributed by atoms with E-state index in [-0.39, 0.29) is 33.7 Å². The third-order valence-electron chi connectivity index (χ3n) is 4.36. The minimum atomic E-state index is -4.20. The molecule has 2 heterocycles. The van der Waals surface area contributed by atoms with Gasteiger partial charge in [-0.05, 0) is 31.2 Å². The first kappa shape index (κ1) is 23.3. The number of thiazole rings is 1. The molecule has 0 unspecified atom stereocenters. The van der Waals surface area contributed by atoms with Crippen molar-refractivity contribution in [1.29, 1.82) is 0 Å². The fourth-order valence-corrected chi connectivity index (χ4v) is 4.20. The number of hydrogen-bond donors (Lipinski definition) is 3. The Morgan fingerprint density at radius 2 is 1.97 bits per heavy atom. The number of benzene rings is 1. The molecule has 3 rings (SSSR count). The van der Waals surface area contributed by atoms with Gasteiger partial charge in [-0.2, -0.15) is 8.42 Å². The average Bonchev–Trinajstić information content (AvgIpc) is 3.34. The topological polar surface area (TPSA) is 183 Å². The molecule has 170 valence electrons. The Bertz CT molecular complexity index is 1260. The van der Waals surface area contributed by atoms with Crippen LogP contribution < -0.4 is 16.4 Å². The Kier molecular flexibility index (Phi) is 6.57. The summed E-state index contributed by atoms with van der Waals surface area (Å²) in [5, 5.41) is 3.77. The number of primary amides is 1. The van der Waals surface area contributed by atoms with Crippen LogP contribution in [0.2, 0.25) is 0 Å². The molecule has 32 heavy (non-hydrogen) atoms. The van der Waals surface area contributed by atoms with E-state index in [1.165, 1.54) is 42.2 Å². The highest BCUT2D eigenvalue weighted by molar-refractivity contribution is 7.85. The highest BCUT2D eigenvalue weighted by Crippen LogP contribution is 2.36. The van der Waals surface area contributed by atoms with Crippen molar-refractivity contribution in [2.24, 2.45) is 5.73 Å². The van der Waals surface area contributed by atoms with Crippen molar-refractivity contribution in [3.8, 4) is 0 Å².